The molecule has 4 heteroatoms. The highest BCUT2D eigenvalue weighted by atomic mass is 15.3. The van der Waals surface area contributed by atoms with Gasteiger partial charge >= 0.3 is 0 Å². The summed E-state index contributed by atoms with van der Waals surface area (Å²) in [6.45, 7) is 43.3. The number of rotatable bonds is 6. The molecule has 2 aliphatic carbocycles. The minimum atomic E-state index is -0.295. The van der Waals surface area contributed by atoms with Gasteiger partial charge in [0.25, 0.3) is 6.71 Å². The van der Waals surface area contributed by atoms with Crippen LogP contribution in [0.4, 0.5) is 45.5 Å². The van der Waals surface area contributed by atoms with E-state index in [4.69, 9.17) is 0 Å². The van der Waals surface area contributed by atoms with Crippen molar-refractivity contribution in [2.45, 2.75) is 194 Å². The predicted octanol–water partition coefficient (Wildman–Crippen LogP) is 22.7. The Morgan fingerprint density at radius 1 is 0.319 bits per heavy atom. The fourth-order valence-corrected chi connectivity index (χ4v) is 17.6. The second kappa shape index (κ2) is 21.1. The lowest BCUT2D eigenvalue weighted by atomic mass is 9.33. The first-order chi connectivity index (χ1) is 44.4. The van der Waals surface area contributed by atoms with Crippen LogP contribution in [0.15, 0.2) is 206 Å². The van der Waals surface area contributed by atoms with Gasteiger partial charge in [-0.25, -0.2) is 0 Å². The third-order valence-corrected chi connectivity index (χ3v) is 23.5. The van der Waals surface area contributed by atoms with Crippen LogP contribution in [0.2, 0.25) is 0 Å². The molecule has 2 unspecified atom stereocenters. The Balaban J connectivity index is 1.11. The van der Waals surface area contributed by atoms with E-state index in [1.54, 1.807) is 0 Å². The molecular formula is C90H96BN3. The molecule has 0 radical (unpaired) electrons. The van der Waals surface area contributed by atoms with E-state index < -0.39 is 0 Å². The number of hydrogen-bond donors (Lipinski definition) is 0. The standard InChI is InChI=1S/C90H96BN3/c1-83(2,3)61-38-35-57(36-39-61)60-37-44-77-72(49-60)89(17)47-27-28-48-90(89,18)94(77)65-53-80-82-81(54-65)93(76-46-42-63(85(7,8)9)51-67(76)59-31-23-20-24-32-59)79-56-71-70(87(13,14)68-33-25-26-34-69(68)88(71,15)16)55-74(79)91(82)73-43-40-64(86(10,11)12)52-78(73)92(80)75-45-41-62(84(4,5)6)50-66(75)58-29-21-19-22-30-58/h19-26,29-46,49-56H,27-28,47-48H2,1-18H3. The van der Waals surface area contributed by atoms with Crippen LogP contribution in [0.25, 0.3) is 33.4 Å². The highest BCUT2D eigenvalue weighted by Gasteiger charge is 2.59. The van der Waals surface area contributed by atoms with Gasteiger partial charge in [0.05, 0.1) is 16.9 Å². The highest BCUT2D eigenvalue weighted by molar-refractivity contribution is 7.00. The number of nitrogens with zero attached hydrogens (tertiary/aromatic N) is 3. The normalized spacial score (nSPS) is 19.2. The van der Waals surface area contributed by atoms with E-state index in [0.29, 0.717) is 0 Å². The van der Waals surface area contributed by atoms with E-state index in [9.17, 15) is 0 Å². The lowest BCUT2D eigenvalue weighted by Crippen LogP contribution is -2.62. The maximum absolute atomic E-state index is 2.86. The Kier molecular flexibility index (Phi) is 13.9. The van der Waals surface area contributed by atoms with Gasteiger partial charge in [0.2, 0.25) is 0 Å². The first kappa shape index (κ1) is 61.8. The van der Waals surface area contributed by atoms with Crippen LogP contribution in [0, 0.1) is 0 Å². The lowest BCUT2D eigenvalue weighted by molar-refractivity contribution is 0.195. The van der Waals surface area contributed by atoms with Crippen molar-refractivity contribution in [2.24, 2.45) is 0 Å². The van der Waals surface area contributed by atoms with E-state index in [-0.39, 0.29) is 50.2 Å². The molecular weight excluding hydrogens is 1130 g/mol. The van der Waals surface area contributed by atoms with Gasteiger partial charge in [-0.2, -0.15) is 0 Å². The number of anilines is 8. The number of fused-ring (bicyclic) bond motifs is 9. The van der Waals surface area contributed by atoms with Gasteiger partial charge in [-0.05, 0) is 191 Å². The van der Waals surface area contributed by atoms with Crippen molar-refractivity contribution >= 4 is 68.6 Å². The zero-order valence-corrected chi connectivity index (χ0v) is 59.4. The van der Waals surface area contributed by atoms with Gasteiger partial charge in [-0.1, -0.05) is 276 Å². The molecule has 94 heavy (non-hydrogen) atoms. The Morgan fingerprint density at radius 2 is 0.755 bits per heavy atom. The fourth-order valence-electron chi connectivity index (χ4n) is 17.6. The molecule has 10 aromatic carbocycles. The second-order valence-electron chi connectivity index (χ2n) is 34.2. The molecule has 1 fully saturated rings. The van der Waals surface area contributed by atoms with Gasteiger partial charge in [0.1, 0.15) is 0 Å². The van der Waals surface area contributed by atoms with Gasteiger partial charge in [0, 0.05) is 61.5 Å². The second-order valence-corrected chi connectivity index (χ2v) is 34.2. The van der Waals surface area contributed by atoms with Crippen molar-refractivity contribution in [2.75, 3.05) is 14.7 Å². The molecule has 0 spiro atoms. The van der Waals surface area contributed by atoms with Crippen LogP contribution in [0.1, 0.15) is 200 Å². The highest BCUT2D eigenvalue weighted by Crippen LogP contribution is 2.63. The molecule has 0 amide bonds. The zero-order chi connectivity index (χ0) is 66.2. The molecule has 0 aromatic heterocycles. The monoisotopic (exact) mass is 1230 g/mol. The minimum Gasteiger partial charge on any atom is -0.334 e. The number of hydrogen-bond acceptors (Lipinski definition) is 3. The van der Waals surface area contributed by atoms with Crippen molar-refractivity contribution < 1.29 is 0 Å². The molecule has 474 valence electrons. The SMILES string of the molecule is CC(C)(C)c1ccc(-c2ccc3c(c2)C2(C)CCCCC2(C)N3c2cc3c4c(c2)N(c2ccc(C(C)(C)C)cc2-c2ccccc2)c2cc5c(cc2B4c2ccc(C(C)(C)C)cc2N3c2ccc(C(C)(C)C)cc2-c2ccccc2)C(C)(C)c2ccccc2C5(C)C)cc1. The molecule has 5 aliphatic rings. The molecule has 0 N–H and O–H groups in total. The molecule has 3 nitrogen and oxygen atoms in total. The van der Waals surface area contributed by atoms with E-state index in [1.165, 1.54) is 158 Å². The minimum absolute atomic E-state index is 0.0733. The van der Waals surface area contributed by atoms with E-state index in [1.807, 2.05) is 0 Å². The zero-order valence-electron chi connectivity index (χ0n) is 59.4. The Morgan fingerprint density at radius 3 is 1.28 bits per heavy atom. The largest absolute Gasteiger partial charge is 0.334 e. The number of benzene rings is 10. The van der Waals surface area contributed by atoms with Crippen LogP contribution in [0.3, 0.4) is 0 Å². The maximum atomic E-state index is 2.86. The summed E-state index contributed by atoms with van der Waals surface area (Å²) in [6.07, 6.45) is 4.57. The molecule has 3 aliphatic heterocycles. The topological polar surface area (TPSA) is 9.72 Å². The fraction of sp³-hybridized carbons (Fsp3) is 0.333. The molecule has 0 saturated heterocycles. The van der Waals surface area contributed by atoms with Crippen molar-refractivity contribution in [1.29, 1.82) is 0 Å². The van der Waals surface area contributed by atoms with Crippen LogP contribution in [-0.4, -0.2) is 12.3 Å². The van der Waals surface area contributed by atoms with Gasteiger partial charge < -0.3 is 14.7 Å². The quantitative estimate of drug-likeness (QED) is 0.154. The van der Waals surface area contributed by atoms with Crippen LogP contribution >= 0.6 is 0 Å². The van der Waals surface area contributed by atoms with Crippen LogP contribution in [0.5, 0.6) is 0 Å². The summed E-state index contributed by atoms with van der Waals surface area (Å²) in [4.78, 5) is 8.38. The summed E-state index contributed by atoms with van der Waals surface area (Å²) < 4.78 is 0. The summed E-state index contributed by atoms with van der Waals surface area (Å²) in [6, 6.07) is 81.9. The van der Waals surface area contributed by atoms with Crippen LogP contribution < -0.4 is 31.1 Å². The summed E-state index contributed by atoms with van der Waals surface area (Å²) in [5.74, 6) is 0. The maximum Gasteiger partial charge on any atom is 0.252 e. The smallest absolute Gasteiger partial charge is 0.252 e. The van der Waals surface area contributed by atoms with Crippen molar-refractivity contribution in [3.8, 4) is 33.4 Å². The van der Waals surface area contributed by atoms with Crippen molar-refractivity contribution in [1.82, 2.24) is 0 Å². The first-order valence-corrected chi connectivity index (χ1v) is 35.1. The van der Waals surface area contributed by atoms with Crippen LogP contribution in [-0.2, 0) is 37.9 Å². The average Bonchev–Trinajstić information content (AvgIpc) is 1.49. The molecule has 10 aromatic rings. The first-order valence-electron chi connectivity index (χ1n) is 35.1. The van der Waals surface area contributed by atoms with Gasteiger partial charge in [-0.3, -0.25) is 0 Å². The molecule has 3 heterocycles. The predicted molar refractivity (Wildman–Crippen MR) is 405 cm³/mol. The third-order valence-electron chi connectivity index (χ3n) is 23.5. The van der Waals surface area contributed by atoms with Crippen molar-refractivity contribution in [3.05, 3.63) is 256 Å². The molecule has 2 atom stereocenters. The summed E-state index contributed by atoms with van der Waals surface area (Å²) in [5, 5.41) is 0. The molecule has 1 saturated carbocycles. The van der Waals surface area contributed by atoms with E-state index >= 15 is 0 Å². The Hall–Kier alpha value is -8.34. The lowest BCUT2D eigenvalue weighted by Gasteiger charge is -2.51. The third kappa shape index (κ3) is 9.40. The summed E-state index contributed by atoms with van der Waals surface area (Å²) in [5.41, 5.74) is 32.5. The van der Waals surface area contributed by atoms with Crippen molar-refractivity contribution in [3.63, 3.8) is 0 Å². The molecule has 0 bridgehead atoms. The Labute approximate surface area is 563 Å². The average molecular weight is 1230 g/mol. The summed E-state index contributed by atoms with van der Waals surface area (Å²) >= 11 is 0. The van der Waals surface area contributed by atoms with E-state index in [0.717, 1.165) is 12.8 Å². The van der Waals surface area contributed by atoms with Gasteiger partial charge in [-0.15, -0.1) is 0 Å². The summed E-state index contributed by atoms with van der Waals surface area (Å²) in [7, 11) is 0. The van der Waals surface area contributed by atoms with E-state index in [2.05, 4.69) is 346 Å². The Bertz CT molecular complexity index is 4690. The van der Waals surface area contributed by atoms with Gasteiger partial charge in [0.15, 0.2) is 0 Å². The molecule has 15 rings (SSSR count).